The van der Waals surface area contributed by atoms with Gasteiger partial charge in [-0.1, -0.05) is 31.9 Å². The van der Waals surface area contributed by atoms with Crippen molar-refractivity contribution in [3.05, 3.63) is 36.0 Å². The second-order valence-corrected chi connectivity index (χ2v) is 10.5. The minimum atomic E-state index is -0.670. The summed E-state index contributed by atoms with van der Waals surface area (Å²) in [6.45, 7) is 2.06. The number of nitrogens with one attached hydrogen (secondary N) is 1. The van der Waals surface area contributed by atoms with E-state index >= 15 is 0 Å². The molecular weight excluding hydrogens is 468 g/mol. The van der Waals surface area contributed by atoms with Crippen LogP contribution in [0.1, 0.15) is 70.3 Å². The zero-order valence-electron chi connectivity index (χ0n) is 21.9. The molecule has 0 spiro atoms. The topological polar surface area (TPSA) is 114 Å². The summed E-state index contributed by atoms with van der Waals surface area (Å²) in [4.78, 5) is 38.7. The van der Waals surface area contributed by atoms with Gasteiger partial charge in [0, 0.05) is 18.8 Å². The van der Waals surface area contributed by atoms with Gasteiger partial charge in [0.05, 0.1) is 6.20 Å². The van der Waals surface area contributed by atoms with Gasteiger partial charge in [-0.2, -0.15) is 4.98 Å². The van der Waals surface area contributed by atoms with Crippen LogP contribution in [0.4, 0.5) is 23.1 Å². The molecule has 9 nitrogen and oxygen atoms in total. The number of esters is 1. The van der Waals surface area contributed by atoms with E-state index in [1.54, 1.807) is 18.1 Å². The van der Waals surface area contributed by atoms with Crippen molar-refractivity contribution in [3.63, 3.8) is 0 Å². The van der Waals surface area contributed by atoms with Crippen molar-refractivity contribution in [2.75, 3.05) is 22.2 Å². The molecule has 2 saturated carbocycles. The summed E-state index contributed by atoms with van der Waals surface area (Å²) >= 11 is 0. The second kappa shape index (κ2) is 11.0. The molecule has 1 amide bonds. The molecule has 9 heteroatoms. The molecule has 1 aromatic heterocycles. The van der Waals surface area contributed by atoms with Crippen LogP contribution in [-0.4, -0.2) is 53.1 Å². The van der Waals surface area contributed by atoms with Crippen LogP contribution >= 0.6 is 0 Å². The number of likely N-dealkylation sites (N-methyl/N-ethyl adjacent to an activating group) is 1. The third-order valence-electron chi connectivity index (χ3n) is 7.97. The zero-order valence-corrected chi connectivity index (χ0v) is 21.9. The van der Waals surface area contributed by atoms with Crippen LogP contribution in [0.5, 0.6) is 0 Å². The maximum absolute atomic E-state index is 13.1. The highest BCUT2D eigenvalue weighted by atomic mass is 16.5. The Hall–Kier alpha value is -3.20. The smallest absolute Gasteiger partial charge is 0.323 e. The fourth-order valence-corrected chi connectivity index (χ4v) is 5.89. The van der Waals surface area contributed by atoms with E-state index in [4.69, 9.17) is 15.5 Å². The van der Waals surface area contributed by atoms with Crippen LogP contribution in [0.3, 0.4) is 0 Å². The molecule has 3 aliphatic rings. The van der Waals surface area contributed by atoms with Gasteiger partial charge < -0.3 is 25.6 Å². The van der Waals surface area contributed by atoms with Crippen molar-refractivity contribution in [1.82, 2.24) is 9.97 Å². The Labute approximate surface area is 218 Å². The molecule has 2 fully saturated rings. The molecule has 3 N–H and O–H groups in total. The molecule has 37 heavy (non-hydrogen) atoms. The molecule has 1 aromatic carbocycles. The molecule has 198 valence electrons. The molecule has 1 aliphatic heterocycles. The fourth-order valence-electron chi connectivity index (χ4n) is 5.89. The number of rotatable bonds is 8. The van der Waals surface area contributed by atoms with Gasteiger partial charge in [0.25, 0.3) is 0 Å². The van der Waals surface area contributed by atoms with E-state index in [0.717, 1.165) is 67.7 Å². The van der Waals surface area contributed by atoms with Crippen LogP contribution in [-0.2, 0) is 20.7 Å². The third-order valence-corrected chi connectivity index (χ3v) is 7.97. The lowest BCUT2D eigenvalue weighted by atomic mass is 10.0. The van der Waals surface area contributed by atoms with E-state index in [2.05, 4.69) is 22.1 Å². The summed E-state index contributed by atoms with van der Waals surface area (Å²) in [5.41, 5.74) is 8.67. The minimum absolute atomic E-state index is 0.0249. The Balaban J connectivity index is 1.28. The SMILES string of the molecule is CC[C@@H]1C(=O)N(C)c2cnc(Nc3ccc(C[C@H](N)C(=O)OC4CCCC4)cc3)nc2N1C1CCCC1. The van der Waals surface area contributed by atoms with Gasteiger partial charge in [0.15, 0.2) is 5.82 Å². The first-order valence-corrected chi connectivity index (χ1v) is 13.7. The number of amides is 1. The van der Waals surface area contributed by atoms with Gasteiger partial charge in [-0.25, -0.2) is 4.98 Å². The lowest BCUT2D eigenvalue weighted by molar-refractivity contribution is -0.150. The predicted molar refractivity (Wildman–Crippen MR) is 144 cm³/mol. The summed E-state index contributed by atoms with van der Waals surface area (Å²) in [6.07, 6.45) is 11.6. The number of carbonyl (C=O) groups excluding carboxylic acids is 2. The van der Waals surface area contributed by atoms with Crippen molar-refractivity contribution in [3.8, 4) is 0 Å². The number of hydrogen-bond donors (Lipinski definition) is 2. The summed E-state index contributed by atoms with van der Waals surface area (Å²) in [6, 6.07) is 7.23. The lowest BCUT2D eigenvalue weighted by Gasteiger charge is -2.43. The van der Waals surface area contributed by atoms with Crippen LogP contribution in [0.25, 0.3) is 0 Å². The summed E-state index contributed by atoms with van der Waals surface area (Å²) < 4.78 is 5.55. The van der Waals surface area contributed by atoms with Crippen molar-refractivity contribution in [1.29, 1.82) is 0 Å². The molecule has 0 unspecified atom stereocenters. The van der Waals surface area contributed by atoms with Crippen LogP contribution in [0.15, 0.2) is 30.5 Å². The molecule has 2 atom stereocenters. The number of hydrogen-bond acceptors (Lipinski definition) is 8. The monoisotopic (exact) mass is 506 g/mol. The van der Waals surface area contributed by atoms with Gasteiger partial charge >= 0.3 is 5.97 Å². The minimum Gasteiger partial charge on any atom is -0.461 e. The molecule has 2 heterocycles. The number of aromatic nitrogens is 2. The van der Waals surface area contributed by atoms with Crippen LogP contribution in [0.2, 0.25) is 0 Å². The number of ether oxygens (including phenoxy) is 1. The maximum Gasteiger partial charge on any atom is 0.323 e. The van der Waals surface area contributed by atoms with Crippen molar-refractivity contribution < 1.29 is 14.3 Å². The quantitative estimate of drug-likeness (QED) is 0.515. The maximum atomic E-state index is 13.1. The van der Waals surface area contributed by atoms with Crippen molar-refractivity contribution in [2.45, 2.75) is 95.4 Å². The van der Waals surface area contributed by atoms with Crippen molar-refractivity contribution in [2.24, 2.45) is 5.73 Å². The first-order chi connectivity index (χ1) is 17.9. The Kier molecular flexibility index (Phi) is 7.60. The number of anilines is 4. The number of benzene rings is 1. The van der Waals surface area contributed by atoms with Gasteiger partial charge in [0.2, 0.25) is 11.9 Å². The Morgan fingerprint density at radius 3 is 2.49 bits per heavy atom. The van der Waals surface area contributed by atoms with E-state index in [1.165, 1.54) is 12.8 Å². The van der Waals surface area contributed by atoms with Gasteiger partial charge in [-0.3, -0.25) is 9.59 Å². The molecule has 2 aliphatic carbocycles. The van der Waals surface area contributed by atoms with Crippen molar-refractivity contribution >= 4 is 35.0 Å². The molecule has 0 bridgehead atoms. The number of nitrogens with zero attached hydrogens (tertiary/aromatic N) is 4. The summed E-state index contributed by atoms with van der Waals surface area (Å²) in [5.74, 6) is 1.09. The Morgan fingerprint density at radius 2 is 1.81 bits per heavy atom. The highest BCUT2D eigenvalue weighted by Gasteiger charge is 2.41. The van der Waals surface area contributed by atoms with Gasteiger partial charge in [0.1, 0.15) is 23.9 Å². The van der Waals surface area contributed by atoms with E-state index in [1.807, 2.05) is 24.3 Å². The van der Waals surface area contributed by atoms with E-state index < -0.39 is 6.04 Å². The number of fused-ring (bicyclic) bond motifs is 1. The van der Waals surface area contributed by atoms with Crippen LogP contribution < -0.4 is 20.9 Å². The van der Waals surface area contributed by atoms with E-state index in [-0.39, 0.29) is 24.0 Å². The Morgan fingerprint density at radius 1 is 1.14 bits per heavy atom. The largest absolute Gasteiger partial charge is 0.461 e. The highest BCUT2D eigenvalue weighted by molar-refractivity contribution is 6.04. The van der Waals surface area contributed by atoms with Gasteiger partial charge in [-0.15, -0.1) is 0 Å². The first kappa shape index (κ1) is 25.4. The molecule has 0 radical (unpaired) electrons. The molecule has 5 rings (SSSR count). The average molecular weight is 507 g/mol. The molecule has 0 saturated heterocycles. The highest BCUT2D eigenvalue weighted by Crippen LogP contribution is 2.40. The Bertz CT molecular complexity index is 1110. The predicted octanol–water partition coefficient (Wildman–Crippen LogP) is 4.08. The average Bonchev–Trinajstić information content (AvgIpc) is 3.62. The normalized spacial score (nSPS) is 21.3. The van der Waals surface area contributed by atoms with E-state index in [9.17, 15) is 9.59 Å². The second-order valence-electron chi connectivity index (χ2n) is 10.5. The third kappa shape index (κ3) is 5.42. The number of carbonyl (C=O) groups is 2. The summed E-state index contributed by atoms with van der Waals surface area (Å²) in [5, 5.41) is 3.30. The van der Waals surface area contributed by atoms with E-state index in [0.29, 0.717) is 18.4 Å². The number of nitrogens with two attached hydrogens (primary N) is 1. The van der Waals surface area contributed by atoms with Crippen LogP contribution in [0, 0.1) is 0 Å². The molecule has 2 aromatic rings. The lowest BCUT2D eigenvalue weighted by Crippen LogP contribution is -2.55. The summed E-state index contributed by atoms with van der Waals surface area (Å²) in [7, 11) is 1.80. The molecular formula is C28H38N6O3. The first-order valence-electron chi connectivity index (χ1n) is 13.7. The standard InChI is InChI=1S/C28H38N6O3/c1-3-23-26(35)33(2)24-17-30-28(32-25(24)34(23)20-8-4-5-9-20)31-19-14-12-18(13-15-19)16-22(29)27(36)37-21-10-6-7-11-21/h12-15,17,20-23H,3-11,16,29H2,1-2H3,(H,30,31,32)/t22-,23+/m0/s1. The zero-order chi connectivity index (χ0) is 25.9. The van der Waals surface area contributed by atoms with Gasteiger partial charge in [-0.05, 0) is 69.1 Å². The fraction of sp³-hybridized carbons (Fsp3) is 0.571.